The number of aromatic amines is 2. The first-order valence-corrected chi connectivity index (χ1v) is 20.2. The van der Waals surface area contributed by atoms with Gasteiger partial charge in [-0.15, -0.1) is 0 Å². The van der Waals surface area contributed by atoms with Gasteiger partial charge in [0, 0.05) is 0 Å². The van der Waals surface area contributed by atoms with Crippen molar-refractivity contribution in [1.29, 1.82) is 0 Å². The predicted molar refractivity (Wildman–Crippen MR) is 163 cm³/mol. The summed E-state index contributed by atoms with van der Waals surface area (Å²) < 4.78 is 82.9. The number of phosphoric ester groups is 2. The van der Waals surface area contributed by atoms with E-state index >= 15 is 0 Å². The van der Waals surface area contributed by atoms with E-state index in [9.17, 15) is 67.8 Å². The van der Waals surface area contributed by atoms with E-state index in [0.29, 0.717) is 0 Å². The molecule has 2 aliphatic rings. The average Bonchev–Trinajstić information content (AvgIpc) is 3.80. The third kappa shape index (κ3) is 8.48. The number of ether oxygens (including phenoxy) is 2. The highest BCUT2D eigenvalue weighted by Crippen LogP contribution is 2.71. The van der Waals surface area contributed by atoms with E-state index in [0.717, 1.165) is 34.4 Å². The molecule has 0 aromatic carbocycles. The lowest BCUT2D eigenvalue weighted by Gasteiger charge is -2.21. The SMILES string of the molecule is O=c1[nH]cnc2c1ncn2[C@@H]1O[C@H](COP(=O)(O)OP(=O)(O)OP(=O)(O)OP(=O)(O)OC[C@H]2O[C@@H](n3cnc4c(=O)[nH]cnc43)[C@H](O)[C@@H]2O)[C@@H](O)[C@H]1O. The standard InChI is InChI=1S/C20H26N8O21P4/c29-11-7(45-19(13(11)31)27-5-25-9-15(27)21-3-23-17(9)33)1-43-50(35,36)47-52(39,40)49-53(41,42)48-51(37,38)44-2-8-12(30)14(32)20(46-8)28-6-26-10-16(28)22-4-24-18(10)34/h3-8,11-14,19-20,29-32H,1-2H2,(H,35,36)(H,37,38)(H,39,40)(H,41,42)(H,21,23,33)(H,22,24,34)/t7-,8-,11-,12-,13-,14-,19-,20-/m1/s1. The topological polar surface area (TPSA) is 422 Å². The van der Waals surface area contributed by atoms with E-state index in [1.54, 1.807) is 0 Å². The van der Waals surface area contributed by atoms with Crippen LogP contribution in [0.15, 0.2) is 34.9 Å². The average molecular weight is 838 g/mol. The van der Waals surface area contributed by atoms with Crippen molar-refractivity contribution in [1.82, 2.24) is 39.0 Å². The number of aromatic nitrogens is 8. The first-order valence-electron chi connectivity index (χ1n) is 14.3. The van der Waals surface area contributed by atoms with Gasteiger partial charge in [-0.2, -0.15) is 12.9 Å². The molecular weight excluding hydrogens is 812 g/mol. The Labute approximate surface area is 290 Å². The number of nitrogens with one attached hydrogen (secondary N) is 2. The van der Waals surface area contributed by atoms with Gasteiger partial charge < -0.3 is 59.4 Å². The van der Waals surface area contributed by atoms with Crippen LogP contribution in [-0.4, -0.2) is 129 Å². The summed E-state index contributed by atoms with van der Waals surface area (Å²) in [7, 11) is -24.0. The number of hydrogen-bond acceptors (Lipinski definition) is 21. The summed E-state index contributed by atoms with van der Waals surface area (Å²) in [5, 5.41) is 41.6. The predicted octanol–water partition coefficient (Wildman–Crippen LogP) is -3.02. The molecule has 2 saturated heterocycles. The Kier molecular flexibility index (Phi) is 10.9. The Bertz CT molecular complexity index is 2160. The molecule has 29 nitrogen and oxygen atoms in total. The number of phosphoric acid groups is 4. The van der Waals surface area contributed by atoms with Crippen LogP contribution < -0.4 is 11.1 Å². The highest BCUT2D eigenvalue weighted by molar-refractivity contribution is 7.69. The molecule has 4 unspecified atom stereocenters. The fourth-order valence-corrected chi connectivity index (χ4v) is 10.0. The Hall–Kier alpha value is -2.98. The van der Waals surface area contributed by atoms with E-state index in [1.807, 2.05) is 0 Å². The van der Waals surface area contributed by atoms with E-state index in [4.69, 9.17) is 9.47 Å². The highest BCUT2D eigenvalue weighted by Gasteiger charge is 2.50. The molecule has 0 saturated carbocycles. The van der Waals surface area contributed by atoms with Gasteiger partial charge in [0.15, 0.2) is 34.8 Å². The van der Waals surface area contributed by atoms with Crippen LogP contribution in [0.1, 0.15) is 12.5 Å². The summed E-state index contributed by atoms with van der Waals surface area (Å²) in [6.07, 6.45) is -9.36. The summed E-state index contributed by atoms with van der Waals surface area (Å²) in [4.78, 5) is 83.3. The van der Waals surface area contributed by atoms with Crippen molar-refractivity contribution < 1.29 is 89.7 Å². The second-order valence-electron chi connectivity index (χ2n) is 10.9. The second kappa shape index (κ2) is 14.6. The number of fused-ring (bicyclic) bond motifs is 2. The Balaban J connectivity index is 1.01. The van der Waals surface area contributed by atoms with Crippen molar-refractivity contribution in [2.75, 3.05) is 13.2 Å². The largest absolute Gasteiger partial charge is 0.490 e. The van der Waals surface area contributed by atoms with Crippen LogP contribution in [0.5, 0.6) is 0 Å². The van der Waals surface area contributed by atoms with Crippen LogP contribution in [0.3, 0.4) is 0 Å². The summed E-state index contributed by atoms with van der Waals surface area (Å²) >= 11 is 0. The van der Waals surface area contributed by atoms with Crippen LogP contribution in [0.25, 0.3) is 22.3 Å². The maximum Gasteiger partial charge on any atom is 0.490 e. The zero-order valence-electron chi connectivity index (χ0n) is 25.7. The molecule has 12 atom stereocenters. The van der Waals surface area contributed by atoms with Gasteiger partial charge in [-0.1, -0.05) is 0 Å². The quantitative estimate of drug-likeness (QED) is 0.0565. The van der Waals surface area contributed by atoms with Crippen molar-refractivity contribution in [3.63, 3.8) is 0 Å². The fraction of sp³-hybridized carbons (Fsp3) is 0.500. The zero-order chi connectivity index (χ0) is 38.7. The van der Waals surface area contributed by atoms with Gasteiger partial charge in [-0.25, -0.2) is 38.2 Å². The third-order valence-corrected chi connectivity index (χ3v) is 13.3. The molecule has 4 aromatic rings. The molecule has 6 rings (SSSR count). The van der Waals surface area contributed by atoms with Crippen LogP contribution in [0.2, 0.25) is 0 Å². The number of H-pyrrole nitrogens is 2. The van der Waals surface area contributed by atoms with Gasteiger partial charge in [0.2, 0.25) is 0 Å². The van der Waals surface area contributed by atoms with E-state index in [2.05, 4.69) is 51.9 Å². The number of rotatable bonds is 14. The molecule has 0 radical (unpaired) electrons. The Morgan fingerprint density at radius 2 is 0.962 bits per heavy atom. The highest BCUT2D eigenvalue weighted by atomic mass is 31.3. The normalized spacial score (nSPS) is 30.9. The molecule has 6 heterocycles. The van der Waals surface area contributed by atoms with Gasteiger partial charge in [0.25, 0.3) is 11.1 Å². The van der Waals surface area contributed by atoms with E-state index in [1.165, 1.54) is 0 Å². The monoisotopic (exact) mass is 838 g/mol. The molecule has 0 bridgehead atoms. The van der Waals surface area contributed by atoms with E-state index < -0.39 is 105 Å². The Morgan fingerprint density at radius 3 is 1.34 bits per heavy atom. The van der Waals surface area contributed by atoms with Crippen molar-refractivity contribution in [2.45, 2.75) is 49.1 Å². The minimum atomic E-state index is -6.22. The molecule has 0 amide bonds. The first kappa shape index (κ1) is 39.7. The molecular formula is C20H26N8O21P4. The van der Waals surface area contributed by atoms with Crippen molar-refractivity contribution >= 4 is 53.6 Å². The molecule has 292 valence electrons. The first-order chi connectivity index (χ1) is 24.7. The molecule has 53 heavy (non-hydrogen) atoms. The van der Waals surface area contributed by atoms with Crippen molar-refractivity contribution in [2.24, 2.45) is 0 Å². The molecule has 2 fully saturated rings. The molecule has 2 aliphatic heterocycles. The number of aliphatic hydroxyl groups is 4. The number of aliphatic hydroxyl groups excluding tert-OH is 4. The molecule has 0 spiro atoms. The summed E-state index contributed by atoms with van der Waals surface area (Å²) in [5.74, 6) is 0. The van der Waals surface area contributed by atoms with Crippen LogP contribution in [0, 0.1) is 0 Å². The van der Waals surface area contributed by atoms with Gasteiger partial charge in [-0.3, -0.25) is 27.8 Å². The minimum Gasteiger partial charge on any atom is -0.387 e. The summed E-state index contributed by atoms with van der Waals surface area (Å²) in [6.45, 7) is -2.29. The number of nitrogens with zero attached hydrogens (tertiary/aromatic N) is 6. The summed E-state index contributed by atoms with van der Waals surface area (Å²) in [5.41, 5.74) is -1.77. The lowest BCUT2D eigenvalue weighted by molar-refractivity contribution is -0.0505. The maximum absolute atomic E-state index is 12.4. The van der Waals surface area contributed by atoms with Crippen LogP contribution in [0.4, 0.5) is 0 Å². The van der Waals surface area contributed by atoms with E-state index in [-0.39, 0.29) is 22.3 Å². The van der Waals surface area contributed by atoms with Gasteiger partial charge >= 0.3 is 31.3 Å². The summed E-state index contributed by atoms with van der Waals surface area (Å²) in [6, 6.07) is 0. The fourth-order valence-electron chi connectivity index (χ4n) is 5.10. The van der Waals surface area contributed by atoms with Gasteiger partial charge in [-0.05, 0) is 0 Å². The maximum atomic E-state index is 12.4. The number of hydrogen-bond donors (Lipinski definition) is 10. The third-order valence-electron chi connectivity index (χ3n) is 7.38. The lowest BCUT2D eigenvalue weighted by Crippen LogP contribution is -2.33. The second-order valence-corrected chi connectivity index (χ2v) is 17.1. The molecule has 33 heteroatoms. The molecule has 0 aliphatic carbocycles. The van der Waals surface area contributed by atoms with Crippen LogP contribution >= 0.6 is 31.3 Å². The molecule has 10 N–H and O–H groups in total. The zero-order valence-corrected chi connectivity index (χ0v) is 29.3. The van der Waals surface area contributed by atoms with Gasteiger partial charge in [0.1, 0.15) is 36.6 Å². The number of imidazole rings is 2. The lowest BCUT2D eigenvalue weighted by atomic mass is 10.1. The smallest absolute Gasteiger partial charge is 0.387 e. The Morgan fingerprint density at radius 1 is 0.604 bits per heavy atom. The van der Waals surface area contributed by atoms with Crippen LogP contribution in [-0.2, 0) is 49.7 Å². The van der Waals surface area contributed by atoms with Gasteiger partial charge in [0.05, 0.1) is 38.5 Å². The molecule has 4 aromatic heterocycles. The van der Waals surface area contributed by atoms with Crippen molar-refractivity contribution in [3.8, 4) is 0 Å². The minimum absolute atomic E-state index is 0.0802. The van der Waals surface area contributed by atoms with Crippen molar-refractivity contribution in [3.05, 3.63) is 46.0 Å².